The van der Waals surface area contributed by atoms with Gasteiger partial charge in [-0.25, -0.2) is 4.39 Å². The molecular weight excluding hydrogens is 435 g/mol. The van der Waals surface area contributed by atoms with Gasteiger partial charge in [0.2, 0.25) is 0 Å². The summed E-state index contributed by atoms with van der Waals surface area (Å²) in [4.78, 5) is 4.91. The van der Waals surface area contributed by atoms with E-state index in [9.17, 15) is 4.39 Å². The fourth-order valence-electron chi connectivity index (χ4n) is 5.87. The van der Waals surface area contributed by atoms with E-state index >= 15 is 0 Å². The van der Waals surface area contributed by atoms with Crippen LogP contribution in [0.15, 0.2) is 66.7 Å². The molecule has 6 rings (SSSR count). The third kappa shape index (κ3) is 4.16. The summed E-state index contributed by atoms with van der Waals surface area (Å²) in [5.41, 5.74) is 6.12. The van der Waals surface area contributed by atoms with Gasteiger partial charge in [-0.2, -0.15) is 0 Å². The Hall–Kier alpha value is -2.40. The number of halogens is 2. The predicted octanol–water partition coefficient (Wildman–Crippen LogP) is 5.82. The molecule has 1 aliphatic carbocycles. The summed E-state index contributed by atoms with van der Waals surface area (Å²) in [6, 6.07) is 22.0. The Morgan fingerprint density at radius 1 is 0.879 bits per heavy atom. The molecule has 0 bridgehead atoms. The Bertz CT molecular complexity index is 1160. The number of benzene rings is 3. The van der Waals surface area contributed by atoms with Crippen molar-refractivity contribution in [3.05, 3.63) is 99.8 Å². The molecule has 3 nitrogen and oxygen atoms in total. The van der Waals surface area contributed by atoms with Crippen molar-refractivity contribution < 1.29 is 9.13 Å². The van der Waals surface area contributed by atoms with Crippen LogP contribution in [-0.4, -0.2) is 43.7 Å². The monoisotopic (exact) mass is 462 g/mol. The second-order valence-electron chi connectivity index (χ2n) is 9.51. The highest BCUT2D eigenvalue weighted by atomic mass is 35.5. The molecule has 3 aliphatic rings. The summed E-state index contributed by atoms with van der Waals surface area (Å²) in [5.74, 6) is 0.102. The molecule has 3 atom stereocenters. The van der Waals surface area contributed by atoms with Crippen LogP contribution in [0.1, 0.15) is 40.7 Å². The lowest BCUT2D eigenvalue weighted by Gasteiger charge is -2.37. The highest BCUT2D eigenvalue weighted by molar-refractivity contribution is 6.30. The normalized spacial score (nSPS) is 24.7. The van der Waals surface area contributed by atoms with Gasteiger partial charge in [0, 0.05) is 49.4 Å². The first kappa shape index (κ1) is 21.2. The van der Waals surface area contributed by atoms with Gasteiger partial charge in [-0.15, -0.1) is 0 Å². The van der Waals surface area contributed by atoms with E-state index in [1.165, 1.54) is 22.4 Å². The summed E-state index contributed by atoms with van der Waals surface area (Å²) < 4.78 is 20.9. The van der Waals surface area contributed by atoms with Crippen molar-refractivity contribution in [2.45, 2.75) is 31.0 Å². The van der Waals surface area contributed by atoms with Crippen LogP contribution < -0.4 is 4.90 Å². The first-order valence-electron chi connectivity index (χ1n) is 11.9. The molecule has 3 aromatic rings. The van der Waals surface area contributed by atoms with E-state index in [4.69, 9.17) is 16.3 Å². The first-order chi connectivity index (χ1) is 16.1. The summed E-state index contributed by atoms with van der Waals surface area (Å²) in [6.45, 7) is 4.89. The Balaban J connectivity index is 1.18. The second kappa shape index (κ2) is 8.75. The van der Waals surface area contributed by atoms with Crippen molar-refractivity contribution in [3.8, 4) is 0 Å². The van der Waals surface area contributed by atoms with Crippen molar-refractivity contribution >= 4 is 17.3 Å². The van der Waals surface area contributed by atoms with Gasteiger partial charge in [0.25, 0.3) is 0 Å². The van der Waals surface area contributed by atoms with Gasteiger partial charge in [-0.1, -0.05) is 48.0 Å². The number of piperazine rings is 1. The zero-order valence-corrected chi connectivity index (χ0v) is 19.3. The second-order valence-corrected chi connectivity index (χ2v) is 9.94. The van der Waals surface area contributed by atoms with Crippen LogP contribution in [0.3, 0.4) is 0 Å². The van der Waals surface area contributed by atoms with Gasteiger partial charge in [-0.3, -0.25) is 4.90 Å². The zero-order chi connectivity index (χ0) is 22.4. The predicted molar refractivity (Wildman–Crippen MR) is 131 cm³/mol. The van der Waals surface area contributed by atoms with E-state index in [0.717, 1.165) is 56.2 Å². The first-order valence-corrected chi connectivity index (χ1v) is 12.3. The lowest BCUT2D eigenvalue weighted by Crippen LogP contribution is -2.48. The summed E-state index contributed by atoms with van der Waals surface area (Å²) in [7, 11) is 0. The van der Waals surface area contributed by atoms with Crippen LogP contribution in [0.25, 0.3) is 0 Å². The minimum absolute atomic E-state index is 0.0721. The van der Waals surface area contributed by atoms with Gasteiger partial charge in [0.05, 0.1) is 12.2 Å². The minimum Gasteiger partial charge on any atom is -0.369 e. The molecule has 33 heavy (non-hydrogen) atoms. The van der Waals surface area contributed by atoms with Crippen molar-refractivity contribution in [3.63, 3.8) is 0 Å². The lowest BCUT2D eigenvalue weighted by atomic mass is 9.87. The maximum atomic E-state index is 14.2. The van der Waals surface area contributed by atoms with Crippen LogP contribution >= 0.6 is 11.6 Å². The SMILES string of the molecule is Fc1ccc2c(c1)C1O[C@@H](CN3CCN(c4cccc(Cl)c4)CC3)CC1c1ccccc1C2. The van der Waals surface area contributed by atoms with Gasteiger partial charge >= 0.3 is 0 Å². The molecule has 3 aromatic carbocycles. The average Bonchev–Trinajstić information content (AvgIpc) is 3.19. The Morgan fingerprint density at radius 3 is 2.55 bits per heavy atom. The number of nitrogens with zero attached hydrogens (tertiary/aromatic N) is 2. The van der Waals surface area contributed by atoms with Crippen molar-refractivity contribution in [1.29, 1.82) is 0 Å². The molecular formula is C28H28ClFN2O. The molecule has 2 unspecified atom stereocenters. The van der Waals surface area contributed by atoms with Crippen LogP contribution in [0.4, 0.5) is 10.1 Å². The van der Waals surface area contributed by atoms with Crippen molar-refractivity contribution in [2.24, 2.45) is 0 Å². The molecule has 2 aliphatic heterocycles. The third-order valence-electron chi connectivity index (χ3n) is 7.48. The largest absolute Gasteiger partial charge is 0.369 e. The van der Waals surface area contributed by atoms with Gasteiger partial charge < -0.3 is 9.64 Å². The van der Waals surface area contributed by atoms with E-state index in [1.807, 2.05) is 24.3 Å². The summed E-state index contributed by atoms with van der Waals surface area (Å²) in [6.07, 6.45) is 1.90. The van der Waals surface area contributed by atoms with E-state index in [0.29, 0.717) is 0 Å². The molecule has 0 N–H and O–H groups in total. The number of ether oxygens (including phenoxy) is 1. The Kier molecular flexibility index (Phi) is 5.61. The molecule has 0 aromatic heterocycles. The molecule has 170 valence electrons. The van der Waals surface area contributed by atoms with E-state index in [2.05, 4.69) is 40.1 Å². The lowest BCUT2D eigenvalue weighted by molar-refractivity contribution is 0.0181. The Morgan fingerprint density at radius 2 is 1.70 bits per heavy atom. The number of hydrogen-bond donors (Lipinski definition) is 0. The third-order valence-corrected chi connectivity index (χ3v) is 7.71. The highest BCUT2D eigenvalue weighted by Crippen LogP contribution is 2.49. The van der Waals surface area contributed by atoms with Crippen LogP contribution in [-0.2, 0) is 11.2 Å². The van der Waals surface area contributed by atoms with Gasteiger partial charge in [0.15, 0.2) is 0 Å². The molecule has 0 saturated carbocycles. The van der Waals surface area contributed by atoms with Crippen LogP contribution in [0.5, 0.6) is 0 Å². The maximum absolute atomic E-state index is 14.2. The standard InChI is InChI=1S/C28H28ClFN2O/c29-21-5-3-6-23(15-21)32-12-10-31(11-13-32)18-24-17-27-25-7-2-1-4-19(25)14-20-8-9-22(30)16-26(20)28(27)33-24/h1-9,15-16,24,27-28H,10-14,17-18H2/t24-,27?,28?/m1/s1. The average molecular weight is 463 g/mol. The van der Waals surface area contributed by atoms with E-state index in [-0.39, 0.29) is 23.9 Å². The fourth-order valence-corrected chi connectivity index (χ4v) is 6.05. The zero-order valence-electron chi connectivity index (χ0n) is 18.6. The molecule has 5 heteroatoms. The van der Waals surface area contributed by atoms with Gasteiger partial charge in [-0.05, 0) is 65.4 Å². The molecule has 2 heterocycles. The van der Waals surface area contributed by atoms with Crippen molar-refractivity contribution in [1.82, 2.24) is 4.90 Å². The minimum atomic E-state index is -0.178. The summed E-state index contributed by atoms with van der Waals surface area (Å²) >= 11 is 6.18. The van der Waals surface area contributed by atoms with Crippen LogP contribution in [0.2, 0.25) is 5.02 Å². The topological polar surface area (TPSA) is 15.7 Å². The number of hydrogen-bond acceptors (Lipinski definition) is 3. The smallest absolute Gasteiger partial charge is 0.123 e. The number of anilines is 1. The fraction of sp³-hybridized carbons (Fsp3) is 0.357. The number of rotatable bonds is 3. The van der Waals surface area contributed by atoms with Crippen molar-refractivity contribution in [2.75, 3.05) is 37.6 Å². The quantitative estimate of drug-likeness (QED) is 0.487. The van der Waals surface area contributed by atoms with E-state index in [1.54, 1.807) is 12.1 Å². The molecule has 2 saturated heterocycles. The Labute approximate surface area is 199 Å². The highest BCUT2D eigenvalue weighted by Gasteiger charge is 2.41. The molecule has 2 fully saturated rings. The molecule has 0 amide bonds. The molecule has 0 radical (unpaired) electrons. The van der Waals surface area contributed by atoms with Crippen LogP contribution in [0, 0.1) is 5.82 Å². The number of fused-ring (bicyclic) bond motifs is 5. The van der Waals surface area contributed by atoms with E-state index < -0.39 is 0 Å². The van der Waals surface area contributed by atoms with Gasteiger partial charge in [0.1, 0.15) is 5.82 Å². The maximum Gasteiger partial charge on any atom is 0.123 e. The summed E-state index contributed by atoms with van der Waals surface area (Å²) in [5, 5.41) is 0.782. The molecule has 0 spiro atoms.